The van der Waals surface area contributed by atoms with Crippen LogP contribution in [0.25, 0.3) is 0 Å². The van der Waals surface area contributed by atoms with Crippen molar-refractivity contribution in [3.05, 3.63) is 45.4 Å². The number of rotatable bonds is 4. The molecule has 0 radical (unpaired) electrons. The Morgan fingerprint density at radius 3 is 2.74 bits per heavy atom. The Morgan fingerprint density at radius 2 is 2.11 bits per heavy atom. The third-order valence-corrected chi connectivity index (χ3v) is 4.19. The van der Waals surface area contributed by atoms with Crippen LogP contribution < -0.4 is 5.73 Å². The highest BCUT2D eigenvalue weighted by Gasteiger charge is 2.17. The van der Waals surface area contributed by atoms with E-state index in [1.807, 2.05) is 36.7 Å². The quantitative estimate of drug-likeness (QED) is 0.941. The molecule has 5 heteroatoms. The summed E-state index contributed by atoms with van der Waals surface area (Å²) in [4.78, 5) is 4.49. The summed E-state index contributed by atoms with van der Waals surface area (Å²) in [6, 6.07) is 5.84. The molecule has 2 N–H and O–H groups in total. The first kappa shape index (κ1) is 14.2. The second-order valence-electron chi connectivity index (χ2n) is 4.68. The lowest BCUT2D eigenvalue weighted by molar-refractivity contribution is 0.580. The van der Waals surface area contributed by atoms with Gasteiger partial charge in [-0.3, -0.25) is 9.67 Å². The van der Waals surface area contributed by atoms with E-state index < -0.39 is 0 Å². The summed E-state index contributed by atoms with van der Waals surface area (Å²) in [5.41, 5.74) is 10.3. The summed E-state index contributed by atoms with van der Waals surface area (Å²) in [5, 5.41) is 4.49. The Hall–Kier alpha value is -1.20. The second-order valence-corrected chi connectivity index (χ2v) is 5.47. The van der Waals surface area contributed by atoms with Crippen molar-refractivity contribution in [2.45, 2.75) is 39.8 Å². The predicted octanol–water partition coefficient (Wildman–Crippen LogP) is 2.92. The van der Waals surface area contributed by atoms with Crippen LogP contribution in [-0.4, -0.2) is 14.8 Å². The standard InChI is InChI=1S/C14H19BrN4/c1-4-19-13(14(15)10(3)18-19)8-11(16)12-7-5-6-9(2)17-12/h5-7,11H,4,8,16H2,1-3H3. The molecule has 0 bridgehead atoms. The fraction of sp³-hybridized carbons (Fsp3) is 0.429. The lowest BCUT2D eigenvalue weighted by atomic mass is 10.1. The summed E-state index contributed by atoms with van der Waals surface area (Å²) >= 11 is 3.60. The minimum atomic E-state index is -0.113. The van der Waals surface area contributed by atoms with E-state index in [2.05, 4.69) is 32.9 Å². The van der Waals surface area contributed by atoms with Gasteiger partial charge in [-0.2, -0.15) is 5.10 Å². The van der Waals surface area contributed by atoms with Gasteiger partial charge in [-0.05, 0) is 48.8 Å². The molecule has 0 aromatic carbocycles. The van der Waals surface area contributed by atoms with Gasteiger partial charge in [0.1, 0.15) is 0 Å². The zero-order chi connectivity index (χ0) is 14.0. The molecule has 19 heavy (non-hydrogen) atoms. The maximum absolute atomic E-state index is 6.27. The monoisotopic (exact) mass is 322 g/mol. The number of aromatic nitrogens is 3. The summed E-state index contributed by atoms with van der Waals surface area (Å²) < 4.78 is 3.05. The Kier molecular flexibility index (Phi) is 4.37. The second kappa shape index (κ2) is 5.84. The smallest absolute Gasteiger partial charge is 0.0738 e. The van der Waals surface area contributed by atoms with Crippen molar-refractivity contribution in [3.8, 4) is 0 Å². The highest BCUT2D eigenvalue weighted by molar-refractivity contribution is 9.10. The zero-order valence-corrected chi connectivity index (χ0v) is 13.1. The topological polar surface area (TPSA) is 56.7 Å². The van der Waals surface area contributed by atoms with Crippen molar-refractivity contribution >= 4 is 15.9 Å². The summed E-state index contributed by atoms with van der Waals surface area (Å²) in [6.45, 7) is 6.90. The van der Waals surface area contributed by atoms with Crippen molar-refractivity contribution in [1.29, 1.82) is 0 Å². The van der Waals surface area contributed by atoms with E-state index in [0.29, 0.717) is 0 Å². The molecular weight excluding hydrogens is 304 g/mol. The van der Waals surface area contributed by atoms with Crippen LogP contribution in [0.1, 0.15) is 35.7 Å². The van der Waals surface area contributed by atoms with Gasteiger partial charge in [0, 0.05) is 18.7 Å². The summed E-state index contributed by atoms with van der Waals surface area (Å²) in [7, 11) is 0. The molecular formula is C14H19BrN4. The number of hydrogen-bond acceptors (Lipinski definition) is 3. The molecule has 0 saturated carbocycles. The maximum atomic E-state index is 6.27. The molecule has 4 nitrogen and oxygen atoms in total. The van der Waals surface area contributed by atoms with E-state index in [9.17, 15) is 0 Å². The van der Waals surface area contributed by atoms with E-state index in [4.69, 9.17) is 5.73 Å². The highest BCUT2D eigenvalue weighted by Crippen LogP contribution is 2.25. The van der Waals surface area contributed by atoms with Crippen LogP contribution in [0.5, 0.6) is 0 Å². The first-order valence-corrected chi connectivity index (χ1v) is 7.23. The summed E-state index contributed by atoms with van der Waals surface area (Å²) in [5.74, 6) is 0. The molecule has 2 aromatic rings. The largest absolute Gasteiger partial charge is 0.322 e. The minimum absolute atomic E-state index is 0.113. The SMILES string of the molecule is CCn1nc(C)c(Br)c1CC(N)c1cccc(C)n1. The molecule has 0 aliphatic heterocycles. The van der Waals surface area contributed by atoms with Crippen LogP contribution in [0.4, 0.5) is 0 Å². The number of halogens is 1. The number of aryl methyl sites for hydroxylation is 3. The molecule has 1 atom stereocenters. The number of nitrogens with two attached hydrogens (primary N) is 1. The van der Waals surface area contributed by atoms with Gasteiger partial charge < -0.3 is 5.73 Å². The van der Waals surface area contributed by atoms with Crippen molar-refractivity contribution in [3.63, 3.8) is 0 Å². The van der Waals surface area contributed by atoms with Crippen LogP contribution in [0.15, 0.2) is 22.7 Å². The Balaban J connectivity index is 2.26. The third-order valence-electron chi connectivity index (χ3n) is 3.16. The fourth-order valence-electron chi connectivity index (χ4n) is 2.15. The minimum Gasteiger partial charge on any atom is -0.322 e. The maximum Gasteiger partial charge on any atom is 0.0738 e. The van der Waals surface area contributed by atoms with E-state index in [1.165, 1.54) is 0 Å². The molecule has 0 amide bonds. The molecule has 0 spiro atoms. The van der Waals surface area contributed by atoms with E-state index in [-0.39, 0.29) is 6.04 Å². The van der Waals surface area contributed by atoms with E-state index in [1.54, 1.807) is 0 Å². The average molecular weight is 323 g/mol. The van der Waals surface area contributed by atoms with Crippen LogP contribution in [0.2, 0.25) is 0 Å². The predicted molar refractivity (Wildman–Crippen MR) is 79.9 cm³/mol. The van der Waals surface area contributed by atoms with Crippen molar-refractivity contribution in [1.82, 2.24) is 14.8 Å². The van der Waals surface area contributed by atoms with Gasteiger partial charge in [-0.1, -0.05) is 6.07 Å². The Labute approximate surface area is 122 Å². The molecule has 2 rings (SSSR count). The number of nitrogens with zero attached hydrogens (tertiary/aromatic N) is 3. The highest BCUT2D eigenvalue weighted by atomic mass is 79.9. The van der Waals surface area contributed by atoms with Gasteiger partial charge in [0.2, 0.25) is 0 Å². The average Bonchev–Trinajstić information content (AvgIpc) is 2.66. The zero-order valence-electron chi connectivity index (χ0n) is 11.5. The molecule has 0 fully saturated rings. The van der Waals surface area contributed by atoms with E-state index >= 15 is 0 Å². The van der Waals surface area contributed by atoms with Gasteiger partial charge in [0.05, 0.1) is 27.6 Å². The van der Waals surface area contributed by atoms with E-state index in [0.717, 1.165) is 40.2 Å². The molecule has 0 saturated heterocycles. The molecule has 2 heterocycles. The lowest BCUT2D eigenvalue weighted by Crippen LogP contribution is -2.18. The number of pyridine rings is 1. The summed E-state index contributed by atoms with van der Waals surface area (Å²) in [6.07, 6.45) is 0.728. The molecule has 1 unspecified atom stereocenters. The lowest BCUT2D eigenvalue weighted by Gasteiger charge is -2.13. The number of hydrogen-bond donors (Lipinski definition) is 1. The molecule has 2 aromatic heterocycles. The first-order chi connectivity index (χ1) is 9.02. The van der Waals surface area contributed by atoms with Gasteiger partial charge in [-0.25, -0.2) is 0 Å². The molecule has 102 valence electrons. The molecule has 0 aliphatic carbocycles. The van der Waals surface area contributed by atoms with Gasteiger partial charge >= 0.3 is 0 Å². The third kappa shape index (κ3) is 3.04. The van der Waals surface area contributed by atoms with Crippen molar-refractivity contribution in [2.75, 3.05) is 0 Å². The Bertz CT molecular complexity index is 577. The van der Waals surface area contributed by atoms with Crippen molar-refractivity contribution < 1.29 is 0 Å². The van der Waals surface area contributed by atoms with Crippen LogP contribution >= 0.6 is 15.9 Å². The van der Waals surface area contributed by atoms with Crippen LogP contribution in [0, 0.1) is 13.8 Å². The first-order valence-electron chi connectivity index (χ1n) is 6.43. The Morgan fingerprint density at radius 1 is 1.37 bits per heavy atom. The van der Waals surface area contributed by atoms with Gasteiger partial charge in [0.25, 0.3) is 0 Å². The fourth-order valence-corrected chi connectivity index (χ4v) is 2.59. The van der Waals surface area contributed by atoms with Gasteiger partial charge in [0.15, 0.2) is 0 Å². The van der Waals surface area contributed by atoms with Crippen LogP contribution in [-0.2, 0) is 13.0 Å². The normalized spacial score (nSPS) is 12.7. The molecule has 0 aliphatic rings. The van der Waals surface area contributed by atoms with Crippen molar-refractivity contribution in [2.24, 2.45) is 5.73 Å². The van der Waals surface area contributed by atoms with Gasteiger partial charge in [-0.15, -0.1) is 0 Å². The van der Waals surface area contributed by atoms with Crippen LogP contribution in [0.3, 0.4) is 0 Å².